The van der Waals surface area contributed by atoms with Gasteiger partial charge in [-0.1, -0.05) is 6.08 Å². The number of allylic oxidation sites excluding steroid dienone is 1. The van der Waals surface area contributed by atoms with Crippen LogP contribution in [0.4, 0.5) is 0 Å². The predicted octanol–water partition coefficient (Wildman–Crippen LogP) is 1.22. The molecule has 0 radical (unpaired) electrons. The average molecular weight is 166 g/mol. The summed E-state index contributed by atoms with van der Waals surface area (Å²) >= 11 is 0. The third-order valence-corrected chi connectivity index (χ3v) is 1.64. The van der Waals surface area contributed by atoms with Gasteiger partial charge in [0.05, 0.1) is 18.8 Å². The summed E-state index contributed by atoms with van der Waals surface area (Å²) in [5.74, 6) is 0. The zero-order valence-electron chi connectivity index (χ0n) is 7.49. The third kappa shape index (κ3) is 1.95. The molecular formula is C9H14N2O. The Morgan fingerprint density at radius 1 is 1.67 bits per heavy atom. The molecule has 0 amide bonds. The number of aliphatic hydroxyl groups excluding tert-OH is 1. The van der Waals surface area contributed by atoms with E-state index in [1.165, 1.54) is 0 Å². The Balaban J connectivity index is 2.84. The summed E-state index contributed by atoms with van der Waals surface area (Å²) in [6.45, 7) is 4.68. The average Bonchev–Trinajstić information content (AvgIpc) is 2.34. The molecule has 0 fully saturated rings. The van der Waals surface area contributed by atoms with Gasteiger partial charge in [-0.3, -0.25) is 4.68 Å². The molecule has 1 aromatic rings. The van der Waals surface area contributed by atoms with Gasteiger partial charge < -0.3 is 5.11 Å². The highest BCUT2D eigenvalue weighted by atomic mass is 16.3. The zero-order valence-corrected chi connectivity index (χ0v) is 7.49. The first-order valence-corrected chi connectivity index (χ1v) is 4.05. The van der Waals surface area contributed by atoms with Crippen LogP contribution >= 0.6 is 0 Å². The van der Waals surface area contributed by atoms with Crippen LogP contribution in [-0.2, 0) is 6.54 Å². The highest BCUT2D eigenvalue weighted by Crippen LogP contribution is 2.06. The molecule has 0 aromatic carbocycles. The minimum absolute atomic E-state index is 0.135. The van der Waals surface area contributed by atoms with Crippen LogP contribution in [0.3, 0.4) is 0 Å². The number of hydrogen-bond donors (Lipinski definition) is 1. The standard InChI is InChI=1S/C9H14N2O/c1-3-4-9-8(2)7-11(10-9)5-6-12/h3-4,7,12H,5-6H2,1-2H3/b4-3-. The summed E-state index contributed by atoms with van der Waals surface area (Å²) in [4.78, 5) is 0. The first kappa shape index (κ1) is 9.00. The van der Waals surface area contributed by atoms with E-state index in [2.05, 4.69) is 5.10 Å². The Kier molecular flexibility index (Phi) is 3.05. The molecule has 0 spiro atoms. The van der Waals surface area contributed by atoms with Crippen molar-refractivity contribution in [1.82, 2.24) is 9.78 Å². The lowest BCUT2D eigenvalue weighted by Crippen LogP contribution is -2.02. The lowest BCUT2D eigenvalue weighted by Gasteiger charge is -1.93. The largest absolute Gasteiger partial charge is 0.394 e. The van der Waals surface area contributed by atoms with Crippen molar-refractivity contribution in [2.45, 2.75) is 20.4 Å². The lowest BCUT2D eigenvalue weighted by atomic mass is 10.3. The highest BCUT2D eigenvalue weighted by molar-refractivity contribution is 5.47. The molecule has 0 unspecified atom stereocenters. The molecule has 0 saturated carbocycles. The lowest BCUT2D eigenvalue weighted by molar-refractivity contribution is 0.269. The van der Waals surface area contributed by atoms with E-state index < -0.39 is 0 Å². The van der Waals surface area contributed by atoms with Crippen LogP contribution in [0.15, 0.2) is 12.3 Å². The van der Waals surface area contributed by atoms with Gasteiger partial charge in [0, 0.05) is 6.20 Å². The van der Waals surface area contributed by atoms with Crippen molar-refractivity contribution in [3.63, 3.8) is 0 Å². The summed E-state index contributed by atoms with van der Waals surface area (Å²) in [5.41, 5.74) is 2.12. The molecule has 0 atom stereocenters. The maximum atomic E-state index is 8.67. The van der Waals surface area contributed by atoms with E-state index >= 15 is 0 Å². The van der Waals surface area contributed by atoms with Crippen molar-refractivity contribution < 1.29 is 5.11 Å². The van der Waals surface area contributed by atoms with Gasteiger partial charge in [-0.05, 0) is 25.5 Å². The van der Waals surface area contributed by atoms with Crippen LogP contribution in [0.5, 0.6) is 0 Å². The fraction of sp³-hybridized carbons (Fsp3) is 0.444. The molecule has 66 valence electrons. The quantitative estimate of drug-likeness (QED) is 0.733. The molecule has 12 heavy (non-hydrogen) atoms. The third-order valence-electron chi connectivity index (χ3n) is 1.64. The summed E-state index contributed by atoms with van der Waals surface area (Å²) in [7, 11) is 0. The molecule has 3 nitrogen and oxygen atoms in total. The Labute approximate surface area is 72.3 Å². The predicted molar refractivity (Wildman–Crippen MR) is 48.8 cm³/mol. The summed E-state index contributed by atoms with van der Waals surface area (Å²) in [5, 5.41) is 12.9. The topological polar surface area (TPSA) is 38.0 Å². The Hall–Kier alpha value is -1.09. The van der Waals surface area contributed by atoms with Gasteiger partial charge in [0.15, 0.2) is 0 Å². The van der Waals surface area contributed by atoms with Gasteiger partial charge in [0.25, 0.3) is 0 Å². The number of aromatic nitrogens is 2. The van der Waals surface area contributed by atoms with Crippen molar-refractivity contribution in [2.75, 3.05) is 6.61 Å². The fourth-order valence-electron chi connectivity index (χ4n) is 1.08. The number of aliphatic hydroxyl groups is 1. The van der Waals surface area contributed by atoms with Crippen LogP contribution in [0, 0.1) is 6.92 Å². The Morgan fingerprint density at radius 2 is 2.42 bits per heavy atom. The molecule has 0 aliphatic carbocycles. The van der Waals surface area contributed by atoms with Crippen molar-refractivity contribution in [2.24, 2.45) is 0 Å². The van der Waals surface area contributed by atoms with Crippen molar-refractivity contribution >= 4 is 6.08 Å². The monoisotopic (exact) mass is 166 g/mol. The molecule has 0 saturated heterocycles. The molecule has 0 aliphatic rings. The van der Waals surface area contributed by atoms with Gasteiger partial charge in [0.1, 0.15) is 0 Å². The Morgan fingerprint density at radius 3 is 3.00 bits per heavy atom. The van der Waals surface area contributed by atoms with Gasteiger partial charge in [-0.15, -0.1) is 0 Å². The molecule has 0 aliphatic heterocycles. The van der Waals surface area contributed by atoms with Gasteiger partial charge in [-0.2, -0.15) is 5.10 Å². The first-order chi connectivity index (χ1) is 5.77. The molecule has 1 aromatic heterocycles. The highest BCUT2D eigenvalue weighted by Gasteiger charge is 1.99. The van der Waals surface area contributed by atoms with Crippen molar-refractivity contribution in [1.29, 1.82) is 0 Å². The summed E-state index contributed by atoms with van der Waals surface area (Å²) in [6, 6.07) is 0. The van der Waals surface area contributed by atoms with E-state index in [0.29, 0.717) is 6.54 Å². The summed E-state index contributed by atoms with van der Waals surface area (Å²) in [6.07, 6.45) is 5.85. The van der Waals surface area contributed by atoms with Crippen molar-refractivity contribution in [3.8, 4) is 0 Å². The number of rotatable bonds is 3. The van der Waals surface area contributed by atoms with E-state index in [1.807, 2.05) is 32.2 Å². The SMILES string of the molecule is C/C=C\c1nn(CCO)cc1C. The van der Waals surface area contributed by atoms with E-state index in [9.17, 15) is 0 Å². The Bertz CT molecular complexity index is 276. The molecule has 3 heteroatoms. The van der Waals surface area contributed by atoms with Gasteiger partial charge in [-0.25, -0.2) is 0 Å². The van der Waals surface area contributed by atoms with E-state index in [4.69, 9.17) is 5.11 Å². The van der Waals surface area contributed by atoms with Crippen molar-refractivity contribution in [3.05, 3.63) is 23.5 Å². The van der Waals surface area contributed by atoms with Crippen LogP contribution < -0.4 is 0 Å². The van der Waals surface area contributed by atoms with Crippen LogP contribution in [0.1, 0.15) is 18.2 Å². The number of aryl methyl sites for hydroxylation is 1. The first-order valence-electron chi connectivity index (χ1n) is 4.05. The minimum Gasteiger partial charge on any atom is -0.394 e. The minimum atomic E-state index is 0.135. The molecule has 1 rings (SSSR count). The molecule has 1 N–H and O–H groups in total. The van der Waals surface area contributed by atoms with E-state index in [0.717, 1.165) is 11.3 Å². The summed E-state index contributed by atoms with van der Waals surface area (Å²) < 4.78 is 1.75. The van der Waals surface area contributed by atoms with E-state index in [1.54, 1.807) is 4.68 Å². The second kappa shape index (κ2) is 4.07. The number of nitrogens with zero attached hydrogens (tertiary/aromatic N) is 2. The molecule has 0 bridgehead atoms. The maximum absolute atomic E-state index is 8.67. The van der Waals surface area contributed by atoms with Gasteiger partial charge in [0.2, 0.25) is 0 Å². The normalized spacial score (nSPS) is 11.2. The van der Waals surface area contributed by atoms with Gasteiger partial charge >= 0.3 is 0 Å². The second-order valence-electron chi connectivity index (χ2n) is 2.68. The molecular weight excluding hydrogens is 152 g/mol. The number of hydrogen-bond acceptors (Lipinski definition) is 2. The fourth-order valence-corrected chi connectivity index (χ4v) is 1.08. The van der Waals surface area contributed by atoms with E-state index in [-0.39, 0.29) is 6.61 Å². The smallest absolute Gasteiger partial charge is 0.0876 e. The van der Waals surface area contributed by atoms with Crippen LogP contribution in [0.25, 0.3) is 6.08 Å². The van der Waals surface area contributed by atoms with Crippen LogP contribution in [-0.4, -0.2) is 21.5 Å². The zero-order chi connectivity index (χ0) is 8.97. The van der Waals surface area contributed by atoms with Crippen LogP contribution in [0.2, 0.25) is 0 Å². The molecule has 1 heterocycles. The maximum Gasteiger partial charge on any atom is 0.0876 e. The second-order valence-corrected chi connectivity index (χ2v) is 2.68.